The minimum atomic E-state index is -1.28. The first-order valence-electron chi connectivity index (χ1n) is 7.69. The van der Waals surface area contributed by atoms with E-state index in [9.17, 15) is 15.3 Å². The molecule has 1 aliphatic heterocycles. The molecular weight excluding hydrogens is 332 g/mol. The number of aliphatic hydroxyl groups excluding tert-OH is 3. The van der Waals surface area contributed by atoms with Crippen LogP contribution in [0, 0.1) is 0 Å². The molecule has 0 unspecified atom stereocenters. The van der Waals surface area contributed by atoms with Crippen LogP contribution in [0.25, 0.3) is 0 Å². The Kier molecular flexibility index (Phi) is 5.38. The smallest absolute Gasteiger partial charge is 0.195 e. The van der Waals surface area contributed by atoms with Crippen molar-refractivity contribution in [2.45, 2.75) is 31.0 Å². The molecule has 3 rings (SSSR count). The maximum absolute atomic E-state index is 9.92. The lowest BCUT2D eigenvalue weighted by Gasteiger charge is -2.35. The van der Waals surface area contributed by atoms with E-state index >= 15 is 0 Å². The van der Waals surface area contributed by atoms with Gasteiger partial charge in [-0.25, -0.2) is 0 Å². The standard InChI is InChI=1S/C18H19ClO5/c19-13-5-1-11(2-6-13)9-12-3-7-14(8-4-12)24-17-16(21)15(20)10-23-18(17)22/h1-8,15-18,20-22H,9-10H2/t15-,16+,17-,18-/m1/s1. The van der Waals surface area contributed by atoms with Gasteiger partial charge in [0.25, 0.3) is 0 Å². The molecule has 3 N–H and O–H groups in total. The van der Waals surface area contributed by atoms with Crippen LogP contribution >= 0.6 is 11.6 Å². The molecule has 1 heterocycles. The minimum Gasteiger partial charge on any atom is -0.482 e. The Morgan fingerprint density at radius 2 is 1.54 bits per heavy atom. The van der Waals surface area contributed by atoms with Crippen LogP contribution in [-0.4, -0.2) is 46.5 Å². The van der Waals surface area contributed by atoms with Crippen LogP contribution in [-0.2, 0) is 11.2 Å². The fourth-order valence-corrected chi connectivity index (χ4v) is 2.71. The summed E-state index contributed by atoms with van der Waals surface area (Å²) in [7, 11) is 0. The number of halogens is 1. The highest BCUT2D eigenvalue weighted by Crippen LogP contribution is 2.22. The Labute approximate surface area is 145 Å². The molecular formula is C18H19ClO5. The van der Waals surface area contributed by atoms with E-state index in [1.807, 2.05) is 36.4 Å². The summed E-state index contributed by atoms with van der Waals surface area (Å²) in [4.78, 5) is 0. The normalized spacial score (nSPS) is 27.0. The van der Waals surface area contributed by atoms with Gasteiger partial charge in [-0.05, 0) is 41.8 Å². The molecule has 128 valence electrons. The Morgan fingerprint density at radius 3 is 2.17 bits per heavy atom. The first-order chi connectivity index (χ1) is 11.5. The molecule has 0 radical (unpaired) electrons. The van der Waals surface area contributed by atoms with E-state index in [1.54, 1.807) is 12.1 Å². The first-order valence-corrected chi connectivity index (χ1v) is 8.06. The van der Waals surface area contributed by atoms with E-state index in [2.05, 4.69) is 0 Å². The Morgan fingerprint density at radius 1 is 0.958 bits per heavy atom. The van der Waals surface area contributed by atoms with Gasteiger partial charge in [-0.3, -0.25) is 0 Å². The molecule has 0 aliphatic carbocycles. The first kappa shape index (κ1) is 17.2. The SMILES string of the molecule is O[C@@H]1[C@@H](Oc2ccc(Cc3ccc(Cl)cc3)cc2)[C@H](O)OC[C@H]1O. The van der Waals surface area contributed by atoms with Gasteiger partial charge >= 0.3 is 0 Å². The number of benzene rings is 2. The van der Waals surface area contributed by atoms with Gasteiger partial charge in [0.05, 0.1) is 6.61 Å². The third kappa shape index (κ3) is 4.06. The molecule has 6 heteroatoms. The molecule has 4 atom stereocenters. The molecule has 0 saturated carbocycles. The summed E-state index contributed by atoms with van der Waals surface area (Å²) in [6.45, 7) is -0.123. The van der Waals surface area contributed by atoms with Crippen molar-refractivity contribution in [3.63, 3.8) is 0 Å². The van der Waals surface area contributed by atoms with E-state index < -0.39 is 24.6 Å². The summed E-state index contributed by atoms with van der Waals surface area (Å²) in [5, 5.41) is 30.0. The van der Waals surface area contributed by atoms with Crippen LogP contribution in [0.3, 0.4) is 0 Å². The molecule has 0 aromatic heterocycles. The molecule has 2 aromatic rings. The Hall–Kier alpha value is -1.63. The molecule has 24 heavy (non-hydrogen) atoms. The predicted octanol–water partition coefficient (Wildman–Crippen LogP) is 1.75. The lowest BCUT2D eigenvalue weighted by molar-refractivity contribution is -0.244. The lowest BCUT2D eigenvalue weighted by Crippen LogP contribution is -2.55. The second-order valence-corrected chi connectivity index (χ2v) is 6.25. The summed E-state index contributed by atoms with van der Waals surface area (Å²) in [5.41, 5.74) is 2.23. The largest absolute Gasteiger partial charge is 0.482 e. The highest BCUT2D eigenvalue weighted by Gasteiger charge is 2.39. The van der Waals surface area contributed by atoms with Gasteiger partial charge in [-0.1, -0.05) is 35.9 Å². The van der Waals surface area contributed by atoms with Crippen molar-refractivity contribution in [2.75, 3.05) is 6.61 Å². The third-order valence-electron chi connectivity index (χ3n) is 3.97. The van der Waals surface area contributed by atoms with Crippen LogP contribution in [0.4, 0.5) is 0 Å². The predicted molar refractivity (Wildman–Crippen MR) is 89.1 cm³/mol. The summed E-state index contributed by atoms with van der Waals surface area (Å²) >= 11 is 5.88. The number of aliphatic hydroxyl groups is 3. The fourth-order valence-electron chi connectivity index (χ4n) is 2.59. The van der Waals surface area contributed by atoms with Crippen molar-refractivity contribution in [1.82, 2.24) is 0 Å². The van der Waals surface area contributed by atoms with Crippen LogP contribution in [0.15, 0.2) is 48.5 Å². The zero-order valence-corrected chi connectivity index (χ0v) is 13.6. The highest BCUT2D eigenvalue weighted by molar-refractivity contribution is 6.30. The molecule has 1 saturated heterocycles. The number of ether oxygens (including phenoxy) is 2. The van der Waals surface area contributed by atoms with Gasteiger partial charge in [-0.2, -0.15) is 0 Å². The Bertz CT molecular complexity index is 658. The quantitative estimate of drug-likeness (QED) is 0.783. The maximum Gasteiger partial charge on any atom is 0.195 e. The zero-order chi connectivity index (χ0) is 17.1. The molecule has 0 bridgehead atoms. The molecule has 5 nitrogen and oxygen atoms in total. The fraction of sp³-hybridized carbons (Fsp3) is 0.333. The maximum atomic E-state index is 9.92. The molecule has 2 aromatic carbocycles. The average molecular weight is 351 g/mol. The Balaban J connectivity index is 1.64. The summed E-state index contributed by atoms with van der Waals surface area (Å²) in [5.74, 6) is 0.482. The van der Waals surface area contributed by atoms with Crippen LogP contribution in [0.2, 0.25) is 5.02 Å². The van der Waals surface area contributed by atoms with Crippen LogP contribution in [0.1, 0.15) is 11.1 Å². The third-order valence-corrected chi connectivity index (χ3v) is 4.22. The van der Waals surface area contributed by atoms with Crippen molar-refractivity contribution in [2.24, 2.45) is 0 Å². The van der Waals surface area contributed by atoms with Crippen LogP contribution < -0.4 is 4.74 Å². The van der Waals surface area contributed by atoms with Crippen molar-refractivity contribution >= 4 is 11.6 Å². The number of hydrogen-bond acceptors (Lipinski definition) is 5. The van der Waals surface area contributed by atoms with E-state index in [0.29, 0.717) is 10.8 Å². The van der Waals surface area contributed by atoms with Crippen molar-refractivity contribution in [3.05, 3.63) is 64.7 Å². The average Bonchev–Trinajstić information content (AvgIpc) is 2.59. The highest BCUT2D eigenvalue weighted by atomic mass is 35.5. The van der Waals surface area contributed by atoms with Gasteiger partial charge in [0.1, 0.15) is 18.0 Å². The minimum absolute atomic E-state index is 0.123. The van der Waals surface area contributed by atoms with E-state index in [0.717, 1.165) is 17.5 Å². The number of hydrogen-bond donors (Lipinski definition) is 3. The van der Waals surface area contributed by atoms with Gasteiger partial charge in [0.2, 0.25) is 0 Å². The molecule has 1 aliphatic rings. The van der Waals surface area contributed by atoms with Crippen LogP contribution in [0.5, 0.6) is 5.75 Å². The van der Waals surface area contributed by atoms with Crippen molar-refractivity contribution < 1.29 is 24.8 Å². The van der Waals surface area contributed by atoms with Gasteiger partial charge in [0, 0.05) is 5.02 Å². The van der Waals surface area contributed by atoms with Gasteiger partial charge < -0.3 is 24.8 Å². The molecule has 0 spiro atoms. The van der Waals surface area contributed by atoms with Crippen molar-refractivity contribution in [3.8, 4) is 5.75 Å². The van der Waals surface area contributed by atoms with E-state index in [4.69, 9.17) is 21.1 Å². The summed E-state index contributed by atoms with van der Waals surface area (Å²) in [6, 6.07) is 15.0. The topological polar surface area (TPSA) is 79.2 Å². The molecule has 0 amide bonds. The molecule has 1 fully saturated rings. The monoisotopic (exact) mass is 350 g/mol. The van der Waals surface area contributed by atoms with Gasteiger partial charge in [-0.15, -0.1) is 0 Å². The summed E-state index contributed by atoms with van der Waals surface area (Å²) < 4.78 is 10.5. The summed E-state index contributed by atoms with van der Waals surface area (Å²) in [6.07, 6.45) is -3.84. The van der Waals surface area contributed by atoms with Crippen molar-refractivity contribution in [1.29, 1.82) is 0 Å². The second-order valence-electron chi connectivity index (χ2n) is 5.81. The second kappa shape index (κ2) is 7.51. The van der Waals surface area contributed by atoms with E-state index in [1.165, 1.54) is 0 Å². The number of rotatable bonds is 4. The van der Waals surface area contributed by atoms with E-state index in [-0.39, 0.29) is 6.61 Å². The zero-order valence-electron chi connectivity index (χ0n) is 12.9. The van der Waals surface area contributed by atoms with Gasteiger partial charge in [0.15, 0.2) is 12.4 Å². The lowest BCUT2D eigenvalue weighted by atomic mass is 10.0.